The molecule has 0 spiro atoms. The number of amides is 2. The summed E-state index contributed by atoms with van der Waals surface area (Å²) in [5, 5.41) is 15.1. The monoisotopic (exact) mass is 378 g/mol. The molecule has 2 aromatic carbocycles. The topological polar surface area (TPSA) is 87.7 Å². The van der Waals surface area contributed by atoms with Gasteiger partial charge in [0.2, 0.25) is 5.91 Å². The van der Waals surface area contributed by atoms with Crippen LogP contribution in [0.4, 0.5) is 11.4 Å². The van der Waals surface area contributed by atoms with E-state index in [2.05, 4.69) is 26.6 Å². The molecule has 0 aliphatic heterocycles. The summed E-state index contributed by atoms with van der Waals surface area (Å²) >= 11 is 3.25. The van der Waals surface area contributed by atoms with Crippen LogP contribution in [0.25, 0.3) is 0 Å². The lowest BCUT2D eigenvalue weighted by molar-refractivity contribution is -0.119. The molecule has 0 aromatic heterocycles. The molecule has 0 atom stereocenters. The molecule has 7 heteroatoms. The zero-order valence-electron chi connectivity index (χ0n) is 12.3. The van der Waals surface area contributed by atoms with Crippen molar-refractivity contribution in [2.75, 3.05) is 24.4 Å². The van der Waals surface area contributed by atoms with Gasteiger partial charge in [-0.25, -0.2) is 0 Å². The number of carbonyl (C=O) groups is 2. The molecule has 120 valence electrons. The highest BCUT2D eigenvalue weighted by atomic mass is 79.9. The number of benzene rings is 2. The molecule has 23 heavy (non-hydrogen) atoms. The molecule has 0 heterocycles. The van der Waals surface area contributed by atoms with E-state index in [4.69, 9.17) is 4.74 Å². The van der Waals surface area contributed by atoms with Crippen LogP contribution in [0.15, 0.2) is 46.9 Å². The van der Waals surface area contributed by atoms with Crippen molar-refractivity contribution in [3.8, 4) is 5.75 Å². The largest absolute Gasteiger partial charge is 0.507 e. The Morgan fingerprint density at radius 3 is 2.30 bits per heavy atom. The van der Waals surface area contributed by atoms with Gasteiger partial charge in [-0.15, -0.1) is 0 Å². The molecule has 0 aliphatic carbocycles. The van der Waals surface area contributed by atoms with Gasteiger partial charge in [0.1, 0.15) is 12.4 Å². The summed E-state index contributed by atoms with van der Waals surface area (Å²) in [6, 6.07) is 11.2. The molecule has 0 fully saturated rings. The number of aromatic hydroxyl groups is 1. The number of hydrogen-bond donors (Lipinski definition) is 3. The number of nitrogens with one attached hydrogen (secondary N) is 2. The first-order valence-electron chi connectivity index (χ1n) is 6.68. The number of anilines is 2. The van der Waals surface area contributed by atoms with Gasteiger partial charge in [-0.1, -0.05) is 15.9 Å². The Morgan fingerprint density at radius 1 is 1.09 bits per heavy atom. The lowest BCUT2D eigenvalue weighted by Gasteiger charge is -2.09. The van der Waals surface area contributed by atoms with Crippen LogP contribution in [-0.2, 0) is 9.53 Å². The Kier molecular flexibility index (Phi) is 5.72. The number of carbonyl (C=O) groups excluding carboxylic acids is 2. The third-order valence-electron chi connectivity index (χ3n) is 2.91. The van der Waals surface area contributed by atoms with Gasteiger partial charge in [-0.05, 0) is 42.5 Å². The maximum atomic E-state index is 12.2. The Hall–Kier alpha value is -2.38. The third-order valence-corrected chi connectivity index (χ3v) is 3.40. The second-order valence-corrected chi connectivity index (χ2v) is 5.59. The maximum Gasteiger partial charge on any atom is 0.259 e. The fraction of sp³-hybridized carbons (Fsp3) is 0.125. The quantitative estimate of drug-likeness (QED) is 0.746. The number of phenolic OH excluding ortho intramolecular Hbond substituents is 1. The first-order chi connectivity index (χ1) is 11.0. The van der Waals surface area contributed by atoms with Crippen LogP contribution >= 0.6 is 15.9 Å². The maximum absolute atomic E-state index is 12.2. The highest BCUT2D eigenvalue weighted by Crippen LogP contribution is 2.23. The second-order valence-electron chi connectivity index (χ2n) is 4.67. The van der Waals surface area contributed by atoms with Gasteiger partial charge >= 0.3 is 0 Å². The highest BCUT2D eigenvalue weighted by Gasteiger charge is 2.12. The molecule has 2 aromatic rings. The van der Waals surface area contributed by atoms with Crippen molar-refractivity contribution in [2.45, 2.75) is 0 Å². The molecular formula is C16H15BrN2O4. The van der Waals surface area contributed by atoms with Gasteiger partial charge in [0.25, 0.3) is 5.91 Å². The van der Waals surface area contributed by atoms with E-state index in [-0.39, 0.29) is 23.8 Å². The van der Waals surface area contributed by atoms with Crippen molar-refractivity contribution in [1.82, 2.24) is 0 Å². The smallest absolute Gasteiger partial charge is 0.259 e. The lowest BCUT2D eigenvalue weighted by atomic mass is 10.2. The van der Waals surface area contributed by atoms with E-state index in [1.54, 1.807) is 30.3 Å². The summed E-state index contributed by atoms with van der Waals surface area (Å²) in [6.07, 6.45) is 0. The molecule has 3 N–H and O–H groups in total. The molecule has 2 amide bonds. The van der Waals surface area contributed by atoms with Gasteiger partial charge in [0.05, 0.1) is 5.56 Å². The summed E-state index contributed by atoms with van der Waals surface area (Å²) in [7, 11) is 1.44. The molecule has 0 unspecified atom stereocenters. The van der Waals surface area contributed by atoms with E-state index in [9.17, 15) is 14.7 Å². The first-order valence-corrected chi connectivity index (χ1v) is 7.47. The van der Waals surface area contributed by atoms with Crippen molar-refractivity contribution >= 4 is 39.1 Å². The van der Waals surface area contributed by atoms with Crippen molar-refractivity contribution in [1.29, 1.82) is 0 Å². The average molecular weight is 379 g/mol. The minimum Gasteiger partial charge on any atom is -0.507 e. The van der Waals surface area contributed by atoms with Gasteiger partial charge in [-0.3, -0.25) is 9.59 Å². The lowest BCUT2D eigenvalue weighted by Crippen LogP contribution is -2.17. The normalized spacial score (nSPS) is 10.2. The highest BCUT2D eigenvalue weighted by molar-refractivity contribution is 9.10. The molecular weight excluding hydrogens is 364 g/mol. The average Bonchev–Trinajstić information content (AvgIpc) is 2.52. The molecule has 0 aliphatic rings. The fourth-order valence-corrected chi connectivity index (χ4v) is 2.21. The zero-order chi connectivity index (χ0) is 16.8. The van der Waals surface area contributed by atoms with E-state index < -0.39 is 5.91 Å². The Morgan fingerprint density at radius 2 is 1.70 bits per heavy atom. The van der Waals surface area contributed by atoms with E-state index >= 15 is 0 Å². The van der Waals surface area contributed by atoms with Crippen LogP contribution < -0.4 is 10.6 Å². The molecule has 6 nitrogen and oxygen atoms in total. The van der Waals surface area contributed by atoms with Crippen LogP contribution in [0.1, 0.15) is 10.4 Å². The summed E-state index contributed by atoms with van der Waals surface area (Å²) in [6.45, 7) is -0.0271. The molecule has 0 radical (unpaired) electrons. The Labute approximate surface area is 141 Å². The minimum atomic E-state index is -0.431. The Balaban J connectivity index is 2.04. The minimum absolute atomic E-state index is 0.0271. The van der Waals surface area contributed by atoms with Gasteiger partial charge in [0.15, 0.2) is 0 Å². The number of ether oxygens (including phenoxy) is 1. The second kappa shape index (κ2) is 7.75. The van der Waals surface area contributed by atoms with Gasteiger partial charge in [-0.2, -0.15) is 0 Å². The van der Waals surface area contributed by atoms with Crippen molar-refractivity contribution < 1.29 is 19.4 Å². The van der Waals surface area contributed by atoms with Gasteiger partial charge < -0.3 is 20.5 Å². The first kappa shape index (κ1) is 17.0. The predicted octanol–water partition coefficient (Wildman–Crippen LogP) is 2.99. The van der Waals surface area contributed by atoms with Crippen LogP contribution in [0.3, 0.4) is 0 Å². The van der Waals surface area contributed by atoms with Gasteiger partial charge in [0, 0.05) is 23.0 Å². The Bertz CT molecular complexity index is 717. The SMILES string of the molecule is COCC(=O)Nc1ccc(NC(=O)c2cc(Br)ccc2O)cc1. The molecule has 0 saturated carbocycles. The number of methoxy groups -OCH3 is 1. The van der Waals surface area contributed by atoms with Crippen molar-refractivity contribution in [3.63, 3.8) is 0 Å². The van der Waals surface area contributed by atoms with E-state index in [0.29, 0.717) is 15.8 Å². The summed E-state index contributed by atoms with van der Waals surface area (Å²) in [5.74, 6) is -0.794. The molecule has 0 bridgehead atoms. The number of hydrogen-bond acceptors (Lipinski definition) is 4. The van der Waals surface area contributed by atoms with E-state index in [1.165, 1.54) is 19.2 Å². The van der Waals surface area contributed by atoms with Crippen LogP contribution in [-0.4, -0.2) is 30.6 Å². The van der Waals surface area contributed by atoms with Crippen LogP contribution in [0.2, 0.25) is 0 Å². The van der Waals surface area contributed by atoms with E-state index in [1.807, 2.05) is 0 Å². The number of phenols is 1. The number of halogens is 1. The standard InChI is InChI=1S/C16H15BrN2O4/c1-23-9-15(21)18-11-3-5-12(6-4-11)19-16(22)13-8-10(17)2-7-14(13)20/h2-8,20H,9H2,1H3,(H,18,21)(H,19,22). The summed E-state index contributed by atoms with van der Waals surface area (Å²) in [4.78, 5) is 23.5. The fourth-order valence-electron chi connectivity index (χ4n) is 1.85. The molecule has 0 saturated heterocycles. The predicted molar refractivity (Wildman–Crippen MR) is 90.7 cm³/mol. The summed E-state index contributed by atoms with van der Waals surface area (Å²) < 4.78 is 5.42. The van der Waals surface area contributed by atoms with E-state index in [0.717, 1.165) is 0 Å². The zero-order valence-corrected chi connectivity index (χ0v) is 13.9. The third kappa shape index (κ3) is 4.80. The summed E-state index contributed by atoms with van der Waals surface area (Å²) in [5.41, 5.74) is 1.30. The van der Waals surface area contributed by atoms with Crippen LogP contribution in [0.5, 0.6) is 5.75 Å². The van der Waals surface area contributed by atoms with Crippen molar-refractivity contribution in [3.05, 3.63) is 52.5 Å². The van der Waals surface area contributed by atoms with Crippen molar-refractivity contribution in [2.24, 2.45) is 0 Å². The molecule has 2 rings (SSSR count). The van der Waals surface area contributed by atoms with Crippen LogP contribution in [0, 0.1) is 0 Å². The number of rotatable bonds is 5.